The maximum atomic E-state index is 12.1. The standard InChI is InChI=1S/C13H22N4O/c1-7(2)9(5)16-13(18)11-10(14)6-15-12(17-11)8(3)4/h6-9H,14H2,1-5H3,(H,16,18). The van der Waals surface area contributed by atoms with Gasteiger partial charge in [-0.15, -0.1) is 0 Å². The van der Waals surface area contributed by atoms with Crippen LogP contribution in [-0.4, -0.2) is 21.9 Å². The molecule has 1 aromatic rings. The molecule has 3 N–H and O–H groups in total. The first-order chi connectivity index (χ1) is 8.32. The molecule has 5 heteroatoms. The van der Waals surface area contributed by atoms with Crippen molar-refractivity contribution in [1.82, 2.24) is 15.3 Å². The third-order valence-corrected chi connectivity index (χ3v) is 2.93. The fourth-order valence-corrected chi connectivity index (χ4v) is 1.31. The Hall–Kier alpha value is -1.65. The molecule has 1 rings (SSSR count). The van der Waals surface area contributed by atoms with Crippen LogP contribution in [0, 0.1) is 5.92 Å². The molecule has 0 saturated heterocycles. The second kappa shape index (κ2) is 5.80. The molecule has 1 unspecified atom stereocenters. The number of anilines is 1. The van der Waals surface area contributed by atoms with Gasteiger partial charge >= 0.3 is 0 Å². The molecule has 0 aliphatic rings. The van der Waals surface area contributed by atoms with Crippen molar-refractivity contribution in [2.45, 2.75) is 46.6 Å². The zero-order valence-corrected chi connectivity index (χ0v) is 11.7. The monoisotopic (exact) mass is 250 g/mol. The molecular weight excluding hydrogens is 228 g/mol. The van der Waals surface area contributed by atoms with Gasteiger partial charge in [0.1, 0.15) is 5.82 Å². The highest BCUT2D eigenvalue weighted by atomic mass is 16.2. The maximum Gasteiger partial charge on any atom is 0.272 e. The number of nitrogen functional groups attached to an aromatic ring is 1. The lowest BCUT2D eigenvalue weighted by Gasteiger charge is -2.18. The van der Waals surface area contributed by atoms with Crippen molar-refractivity contribution in [3.63, 3.8) is 0 Å². The van der Waals surface area contributed by atoms with Gasteiger partial charge < -0.3 is 11.1 Å². The van der Waals surface area contributed by atoms with Crippen LogP contribution in [0.5, 0.6) is 0 Å². The number of nitrogens with one attached hydrogen (secondary N) is 1. The molecule has 1 heterocycles. The molecule has 1 atom stereocenters. The fourth-order valence-electron chi connectivity index (χ4n) is 1.31. The summed E-state index contributed by atoms with van der Waals surface area (Å²) in [6.07, 6.45) is 1.50. The van der Waals surface area contributed by atoms with Gasteiger partial charge in [-0.05, 0) is 12.8 Å². The molecule has 0 fully saturated rings. The van der Waals surface area contributed by atoms with Gasteiger partial charge in [-0.25, -0.2) is 9.97 Å². The Morgan fingerprint density at radius 3 is 2.39 bits per heavy atom. The largest absolute Gasteiger partial charge is 0.396 e. The normalized spacial score (nSPS) is 12.8. The quantitative estimate of drug-likeness (QED) is 0.856. The second-order valence-electron chi connectivity index (χ2n) is 5.19. The van der Waals surface area contributed by atoms with Crippen LogP contribution < -0.4 is 11.1 Å². The molecule has 0 aliphatic heterocycles. The molecule has 0 aromatic carbocycles. The third kappa shape index (κ3) is 3.42. The number of aromatic nitrogens is 2. The van der Waals surface area contributed by atoms with E-state index in [-0.39, 0.29) is 23.6 Å². The summed E-state index contributed by atoms with van der Waals surface area (Å²) in [6, 6.07) is 0.0781. The number of carbonyl (C=O) groups is 1. The van der Waals surface area contributed by atoms with Crippen LogP contribution in [0.1, 0.15) is 56.8 Å². The van der Waals surface area contributed by atoms with Crippen LogP contribution in [0.15, 0.2) is 6.20 Å². The Bertz CT molecular complexity index is 429. The van der Waals surface area contributed by atoms with Crippen LogP contribution >= 0.6 is 0 Å². The summed E-state index contributed by atoms with van der Waals surface area (Å²) < 4.78 is 0. The first kappa shape index (κ1) is 14.4. The van der Waals surface area contributed by atoms with E-state index in [4.69, 9.17) is 5.73 Å². The van der Waals surface area contributed by atoms with Crippen molar-refractivity contribution >= 4 is 11.6 Å². The molecule has 0 saturated carbocycles. The van der Waals surface area contributed by atoms with E-state index in [1.807, 2.05) is 34.6 Å². The minimum Gasteiger partial charge on any atom is -0.396 e. The highest BCUT2D eigenvalue weighted by molar-refractivity contribution is 5.97. The minimum atomic E-state index is -0.238. The van der Waals surface area contributed by atoms with Gasteiger partial charge in [-0.1, -0.05) is 27.7 Å². The molecular formula is C13H22N4O. The summed E-state index contributed by atoms with van der Waals surface area (Å²) >= 11 is 0. The zero-order valence-electron chi connectivity index (χ0n) is 11.7. The van der Waals surface area contributed by atoms with E-state index < -0.39 is 0 Å². The molecule has 100 valence electrons. The summed E-state index contributed by atoms with van der Waals surface area (Å²) in [5, 5.41) is 2.89. The van der Waals surface area contributed by atoms with E-state index in [0.29, 0.717) is 17.4 Å². The molecule has 0 bridgehead atoms. The summed E-state index contributed by atoms with van der Waals surface area (Å²) in [7, 11) is 0. The predicted octanol–water partition coefficient (Wildman–Crippen LogP) is 1.96. The van der Waals surface area contributed by atoms with E-state index in [1.165, 1.54) is 6.20 Å². The van der Waals surface area contributed by atoms with Crippen LogP contribution in [-0.2, 0) is 0 Å². The molecule has 0 aliphatic carbocycles. The van der Waals surface area contributed by atoms with E-state index in [0.717, 1.165) is 0 Å². The highest BCUT2D eigenvalue weighted by Gasteiger charge is 2.17. The van der Waals surface area contributed by atoms with Crippen molar-refractivity contribution in [1.29, 1.82) is 0 Å². The first-order valence-corrected chi connectivity index (χ1v) is 6.26. The van der Waals surface area contributed by atoms with Crippen molar-refractivity contribution in [3.05, 3.63) is 17.7 Å². The lowest BCUT2D eigenvalue weighted by atomic mass is 10.1. The topological polar surface area (TPSA) is 80.9 Å². The Morgan fingerprint density at radius 1 is 1.28 bits per heavy atom. The van der Waals surface area contributed by atoms with Crippen molar-refractivity contribution in [3.8, 4) is 0 Å². The molecule has 1 amide bonds. The molecule has 1 aromatic heterocycles. The van der Waals surface area contributed by atoms with Gasteiger partial charge in [-0.3, -0.25) is 4.79 Å². The van der Waals surface area contributed by atoms with Gasteiger partial charge in [0.2, 0.25) is 0 Å². The number of amides is 1. The number of nitrogens with two attached hydrogens (primary N) is 1. The maximum absolute atomic E-state index is 12.1. The summed E-state index contributed by atoms with van der Waals surface area (Å²) in [6.45, 7) is 10.0. The van der Waals surface area contributed by atoms with Crippen molar-refractivity contribution in [2.75, 3.05) is 5.73 Å². The molecule has 18 heavy (non-hydrogen) atoms. The third-order valence-electron chi connectivity index (χ3n) is 2.93. The number of rotatable bonds is 4. The van der Waals surface area contributed by atoms with E-state index in [1.54, 1.807) is 0 Å². The summed E-state index contributed by atoms with van der Waals surface area (Å²) in [5.74, 6) is 0.922. The van der Waals surface area contributed by atoms with Gasteiger partial charge in [0.15, 0.2) is 5.69 Å². The van der Waals surface area contributed by atoms with E-state index >= 15 is 0 Å². The fraction of sp³-hybridized carbons (Fsp3) is 0.615. The van der Waals surface area contributed by atoms with Crippen molar-refractivity contribution < 1.29 is 4.79 Å². The van der Waals surface area contributed by atoms with Crippen LogP contribution in [0.2, 0.25) is 0 Å². The summed E-state index contributed by atoms with van der Waals surface area (Å²) in [5.41, 5.74) is 6.33. The van der Waals surface area contributed by atoms with Gasteiger partial charge in [0.05, 0.1) is 11.9 Å². The van der Waals surface area contributed by atoms with Gasteiger partial charge in [-0.2, -0.15) is 0 Å². The Balaban J connectivity index is 2.94. The molecule has 5 nitrogen and oxygen atoms in total. The lowest BCUT2D eigenvalue weighted by Crippen LogP contribution is -2.37. The number of hydrogen-bond donors (Lipinski definition) is 2. The SMILES string of the molecule is CC(C)c1ncc(N)c(C(=O)NC(C)C(C)C)n1. The average molecular weight is 250 g/mol. The highest BCUT2D eigenvalue weighted by Crippen LogP contribution is 2.14. The summed E-state index contributed by atoms with van der Waals surface area (Å²) in [4.78, 5) is 20.4. The van der Waals surface area contributed by atoms with E-state index in [2.05, 4.69) is 15.3 Å². The number of hydrogen-bond acceptors (Lipinski definition) is 4. The average Bonchev–Trinajstić information content (AvgIpc) is 2.28. The van der Waals surface area contributed by atoms with Crippen LogP contribution in [0.4, 0.5) is 5.69 Å². The Kier molecular flexibility index (Phi) is 4.64. The predicted molar refractivity (Wildman–Crippen MR) is 72.3 cm³/mol. The minimum absolute atomic E-state index is 0.0781. The van der Waals surface area contributed by atoms with Crippen LogP contribution in [0.25, 0.3) is 0 Å². The van der Waals surface area contributed by atoms with Crippen LogP contribution in [0.3, 0.4) is 0 Å². The Morgan fingerprint density at radius 2 is 1.89 bits per heavy atom. The Labute approximate surface area is 108 Å². The van der Waals surface area contributed by atoms with E-state index in [9.17, 15) is 4.79 Å². The lowest BCUT2D eigenvalue weighted by molar-refractivity contribution is 0.0926. The smallest absolute Gasteiger partial charge is 0.272 e. The molecule has 0 spiro atoms. The first-order valence-electron chi connectivity index (χ1n) is 6.26. The van der Waals surface area contributed by atoms with Gasteiger partial charge in [0, 0.05) is 12.0 Å². The number of carbonyl (C=O) groups excluding carboxylic acids is 1. The molecule has 0 radical (unpaired) electrons. The van der Waals surface area contributed by atoms with Crippen molar-refractivity contribution in [2.24, 2.45) is 5.92 Å². The van der Waals surface area contributed by atoms with Gasteiger partial charge in [0.25, 0.3) is 5.91 Å². The number of nitrogens with zero attached hydrogens (tertiary/aromatic N) is 2. The zero-order chi connectivity index (χ0) is 13.9. The second-order valence-corrected chi connectivity index (χ2v) is 5.19.